The van der Waals surface area contributed by atoms with Crippen molar-refractivity contribution in [1.82, 2.24) is 4.90 Å². The van der Waals surface area contributed by atoms with Crippen LogP contribution in [0.1, 0.15) is 30.4 Å². The number of nitro groups is 1. The first kappa shape index (κ1) is 21.6. The van der Waals surface area contributed by atoms with E-state index < -0.39 is 22.4 Å². The summed E-state index contributed by atoms with van der Waals surface area (Å²) in [6, 6.07) is 12.3. The summed E-state index contributed by atoms with van der Waals surface area (Å²) in [5.41, 5.74) is -0.424. The Labute approximate surface area is 172 Å². The number of rotatable bonds is 5. The summed E-state index contributed by atoms with van der Waals surface area (Å²) in [7, 11) is 0. The van der Waals surface area contributed by atoms with Crippen molar-refractivity contribution in [2.75, 3.05) is 31.1 Å². The van der Waals surface area contributed by atoms with Gasteiger partial charge >= 0.3 is 6.18 Å². The lowest BCUT2D eigenvalue weighted by molar-refractivity contribution is -0.384. The van der Waals surface area contributed by atoms with E-state index in [4.69, 9.17) is 0 Å². The fourth-order valence-corrected chi connectivity index (χ4v) is 3.60. The molecule has 1 amide bonds. The molecule has 1 atom stereocenters. The van der Waals surface area contributed by atoms with E-state index in [-0.39, 0.29) is 17.5 Å². The van der Waals surface area contributed by atoms with Gasteiger partial charge in [-0.15, -0.1) is 0 Å². The lowest BCUT2D eigenvalue weighted by Gasteiger charge is -2.36. The Hall–Kier alpha value is -3.10. The number of carbonyl (C=O) groups is 1. The maximum Gasteiger partial charge on any atom is 0.416 e. The van der Waals surface area contributed by atoms with Gasteiger partial charge in [-0.05, 0) is 23.6 Å². The Morgan fingerprint density at radius 3 is 2.30 bits per heavy atom. The minimum absolute atomic E-state index is 0.00655. The smallest absolute Gasteiger partial charge is 0.362 e. The minimum Gasteiger partial charge on any atom is -0.362 e. The Balaban J connectivity index is 1.65. The number of carbonyl (C=O) groups excluding carboxylic acids is 1. The molecule has 3 rings (SSSR count). The van der Waals surface area contributed by atoms with E-state index in [9.17, 15) is 28.1 Å². The molecule has 0 spiro atoms. The lowest BCUT2D eigenvalue weighted by Crippen LogP contribution is -2.49. The lowest BCUT2D eigenvalue weighted by atomic mass is 9.97. The first-order chi connectivity index (χ1) is 14.2. The van der Waals surface area contributed by atoms with Crippen molar-refractivity contribution in [3.63, 3.8) is 0 Å². The van der Waals surface area contributed by atoms with E-state index in [1.807, 2.05) is 37.3 Å². The molecule has 30 heavy (non-hydrogen) atoms. The molecule has 1 saturated heterocycles. The monoisotopic (exact) mass is 421 g/mol. The van der Waals surface area contributed by atoms with Crippen LogP contribution in [-0.4, -0.2) is 41.9 Å². The SMILES string of the molecule is CC(CC(=O)N1CCN(c2ccc(C(F)(F)F)cc2[N+](=O)[O-])CC1)c1ccccc1. The number of hydrogen-bond acceptors (Lipinski definition) is 4. The van der Waals surface area contributed by atoms with Crippen LogP contribution in [0.25, 0.3) is 0 Å². The molecule has 160 valence electrons. The maximum absolute atomic E-state index is 12.9. The number of alkyl halides is 3. The third kappa shape index (κ3) is 4.90. The van der Waals surface area contributed by atoms with Crippen molar-refractivity contribution < 1.29 is 22.9 Å². The quantitative estimate of drug-likeness (QED) is 0.528. The van der Waals surface area contributed by atoms with E-state index >= 15 is 0 Å². The van der Waals surface area contributed by atoms with E-state index in [0.29, 0.717) is 38.7 Å². The second-order valence-electron chi connectivity index (χ2n) is 7.34. The first-order valence-electron chi connectivity index (χ1n) is 9.60. The Kier molecular flexibility index (Phi) is 6.28. The fourth-order valence-electron chi connectivity index (χ4n) is 3.60. The van der Waals surface area contributed by atoms with Crippen LogP contribution in [0.5, 0.6) is 0 Å². The molecule has 6 nitrogen and oxygen atoms in total. The number of halogens is 3. The predicted molar refractivity (Wildman–Crippen MR) is 106 cm³/mol. The molecule has 0 N–H and O–H groups in total. The molecule has 1 fully saturated rings. The second-order valence-corrected chi connectivity index (χ2v) is 7.34. The highest BCUT2D eigenvalue weighted by molar-refractivity contribution is 5.77. The van der Waals surface area contributed by atoms with Gasteiger partial charge in [0, 0.05) is 38.7 Å². The van der Waals surface area contributed by atoms with Gasteiger partial charge in [0.15, 0.2) is 0 Å². The Bertz CT molecular complexity index is 911. The van der Waals surface area contributed by atoms with Gasteiger partial charge in [-0.2, -0.15) is 13.2 Å². The van der Waals surface area contributed by atoms with Crippen molar-refractivity contribution in [3.05, 3.63) is 69.8 Å². The van der Waals surface area contributed by atoms with Gasteiger partial charge in [0.25, 0.3) is 5.69 Å². The minimum atomic E-state index is -4.65. The zero-order valence-electron chi connectivity index (χ0n) is 16.4. The summed E-state index contributed by atoms with van der Waals surface area (Å²) < 4.78 is 38.7. The summed E-state index contributed by atoms with van der Waals surface area (Å²) in [6.45, 7) is 3.33. The van der Waals surface area contributed by atoms with Crippen LogP contribution >= 0.6 is 0 Å². The number of hydrogen-bond donors (Lipinski definition) is 0. The van der Waals surface area contributed by atoms with Crippen molar-refractivity contribution in [3.8, 4) is 0 Å². The number of nitrogens with zero attached hydrogens (tertiary/aromatic N) is 3. The van der Waals surface area contributed by atoms with Crippen molar-refractivity contribution in [2.45, 2.75) is 25.4 Å². The highest BCUT2D eigenvalue weighted by Crippen LogP contribution is 2.36. The predicted octanol–water partition coefficient (Wildman–Crippen LogP) is 4.46. The van der Waals surface area contributed by atoms with E-state index in [2.05, 4.69) is 0 Å². The van der Waals surface area contributed by atoms with Gasteiger partial charge in [-0.25, -0.2) is 0 Å². The van der Waals surface area contributed by atoms with Crippen LogP contribution in [0, 0.1) is 10.1 Å². The molecule has 1 unspecified atom stereocenters. The second kappa shape index (κ2) is 8.73. The number of anilines is 1. The van der Waals surface area contributed by atoms with E-state index in [1.165, 1.54) is 0 Å². The van der Waals surface area contributed by atoms with Crippen LogP contribution in [0.2, 0.25) is 0 Å². The van der Waals surface area contributed by atoms with Crippen molar-refractivity contribution in [2.24, 2.45) is 0 Å². The van der Waals surface area contributed by atoms with Crippen molar-refractivity contribution >= 4 is 17.3 Å². The molecule has 2 aromatic carbocycles. The van der Waals surface area contributed by atoms with Gasteiger partial charge in [-0.1, -0.05) is 37.3 Å². The zero-order valence-corrected chi connectivity index (χ0v) is 16.4. The standard InChI is InChI=1S/C21H22F3N3O3/c1-15(16-5-3-2-4-6-16)13-20(28)26-11-9-25(10-12-26)18-8-7-17(21(22,23)24)14-19(18)27(29)30/h2-8,14-15H,9-13H2,1H3. The fraction of sp³-hybridized carbons (Fsp3) is 0.381. The molecule has 1 aliphatic rings. The number of amides is 1. The third-order valence-corrected chi connectivity index (χ3v) is 5.32. The van der Waals surface area contributed by atoms with Gasteiger partial charge in [0.05, 0.1) is 10.5 Å². The van der Waals surface area contributed by atoms with Crippen LogP contribution < -0.4 is 4.90 Å². The molecule has 0 radical (unpaired) electrons. The van der Waals surface area contributed by atoms with E-state index in [0.717, 1.165) is 17.7 Å². The number of nitro benzene ring substituents is 1. The van der Waals surface area contributed by atoms with Crippen molar-refractivity contribution in [1.29, 1.82) is 0 Å². The van der Waals surface area contributed by atoms with Gasteiger partial charge in [0.2, 0.25) is 5.91 Å². The largest absolute Gasteiger partial charge is 0.416 e. The number of piperazine rings is 1. The molecule has 0 aromatic heterocycles. The maximum atomic E-state index is 12.9. The molecule has 9 heteroatoms. The molecule has 1 aliphatic heterocycles. The molecular formula is C21H22F3N3O3. The zero-order chi connectivity index (χ0) is 21.9. The molecule has 0 saturated carbocycles. The molecule has 0 bridgehead atoms. The number of benzene rings is 2. The average Bonchev–Trinajstić information content (AvgIpc) is 2.73. The Morgan fingerprint density at radius 2 is 1.73 bits per heavy atom. The van der Waals surface area contributed by atoms with Crippen LogP contribution in [-0.2, 0) is 11.0 Å². The summed E-state index contributed by atoms with van der Waals surface area (Å²) in [6.07, 6.45) is -4.30. The van der Waals surface area contributed by atoms with Gasteiger partial charge in [0.1, 0.15) is 5.69 Å². The van der Waals surface area contributed by atoms with E-state index in [1.54, 1.807) is 9.80 Å². The summed E-state index contributed by atoms with van der Waals surface area (Å²) in [5, 5.41) is 11.3. The summed E-state index contributed by atoms with van der Waals surface area (Å²) >= 11 is 0. The summed E-state index contributed by atoms with van der Waals surface area (Å²) in [5.74, 6) is 0.0562. The normalized spacial score (nSPS) is 15.7. The molecule has 2 aromatic rings. The first-order valence-corrected chi connectivity index (χ1v) is 9.60. The average molecular weight is 421 g/mol. The van der Waals surface area contributed by atoms with Gasteiger partial charge < -0.3 is 9.80 Å². The molecule has 1 heterocycles. The third-order valence-electron chi connectivity index (χ3n) is 5.32. The van der Waals surface area contributed by atoms with Crippen LogP contribution in [0.3, 0.4) is 0 Å². The van der Waals surface area contributed by atoms with Crippen LogP contribution in [0.15, 0.2) is 48.5 Å². The van der Waals surface area contributed by atoms with Gasteiger partial charge in [-0.3, -0.25) is 14.9 Å². The molecule has 0 aliphatic carbocycles. The topological polar surface area (TPSA) is 66.7 Å². The van der Waals surface area contributed by atoms with Crippen LogP contribution in [0.4, 0.5) is 24.5 Å². The summed E-state index contributed by atoms with van der Waals surface area (Å²) in [4.78, 5) is 26.5. The highest BCUT2D eigenvalue weighted by atomic mass is 19.4. The Morgan fingerprint density at radius 1 is 1.10 bits per heavy atom. The highest BCUT2D eigenvalue weighted by Gasteiger charge is 2.34. The molecular weight excluding hydrogens is 399 g/mol.